The molecule has 0 unspecified atom stereocenters. The number of hydrogen-bond acceptors (Lipinski definition) is 3. The van der Waals surface area contributed by atoms with Gasteiger partial charge in [-0.1, -0.05) is 31.0 Å². The maximum atomic E-state index is 4.26. The molecule has 0 saturated heterocycles. The molecule has 3 rings (SSSR count). The van der Waals surface area contributed by atoms with Crippen molar-refractivity contribution in [1.82, 2.24) is 14.8 Å². The third-order valence-corrected chi connectivity index (χ3v) is 3.82. The molecular weight excluding hydrogens is 236 g/mol. The Morgan fingerprint density at radius 3 is 2.74 bits per heavy atom. The van der Waals surface area contributed by atoms with E-state index in [1.165, 1.54) is 25.7 Å². The highest BCUT2D eigenvalue weighted by Crippen LogP contribution is 2.29. The van der Waals surface area contributed by atoms with Crippen LogP contribution in [-0.2, 0) is 6.42 Å². The lowest BCUT2D eigenvalue weighted by Gasteiger charge is -2.13. The number of benzene rings is 1. The van der Waals surface area contributed by atoms with Gasteiger partial charge in [0.05, 0.1) is 0 Å². The molecule has 1 aliphatic rings. The van der Waals surface area contributed by atoms with Gasteiger partial charge in [0.25, 0.3) is 0 Å². The van der Waals surface area contributed by atoms with Crippen molar-refractivity contribution in [1.29, 1.82) is 0 Å². The quantitative estimate of drug-likeness (QED) is 0.894. The van der Waals surface area contributed by atoms with Gasteiger partial charge in [0, 0.05) is 24.7 Å². The van der Waals surface area contributed by atoms with Crippen LogP contribution in [0, 0.1) is 0 Å². The summed E-state index contributed by atoms with van der Waals surface area (Å²) in [7, 11) is 0. The van der Waals surface area contributed by atoms with Crippen molar-refractivity contribution in [3.05, 3.63) is 42.5 Å². The average Bonchev–Trinajstić information content (AvgIpc) is 3.10. The number of para-hydroxylation sites is 1. The highest BCUT2D eigenvalue weighted by Gasteiger charge is 2.19. The van der Waals surface area contributed by atoms with Crippen molar-refractivity contribution in [3.63, 3.8) is 0 Å². The van der Waals surface area contributed by atoms with Crippen LogP contribution in [0.15, 0.2) is 36.7 Å². The molecule has 0 aliphatic heterocycles. The van der Waals surface area contributed by atoms with Gasteiger partial charge in [-0.2, -0.15) is 0 Å². The molecule has 1 aromatic heterocycles. The Labute approximate surface area is 113 Å². The summed E-state index contributed by atoms with van der Waals surface area (Å²) in [4.78, 5) is 0. The van der Waals surface area contributed by atoms with Gasteiger partial charge >= 0.3 is 0 Å². The summed E-state index contributed by atoms with van der Waals surface area (Å²) in [6, 6.07) is 10.9. The maximum absolute atomic E-state index is 4.26. The topological polar surface area (TPSA) is 42.7 Å². The summed E-state index contributed by atoms with van der Waals surface area (Å²) in [5, 5.41) is 11.8. The molecule has 4 nitrogen and oxygen atoms in total. The average molecular weight is 256 g/mol. The van der Waals surface area contributed by atoms with Crippen LogP contribution in [-0.4, -0.2) is 21.3 Å². The first kappa shape index (κ1) is 12.2. The lowest BCUT2D eigenvalue weighted by molar-refractivity contribution is 0.497. The second kappa shape index (κ2) is 5.87. The third-order valence-electron chi connectivity index (χ3n) is 3.82. The van der Waals surface area contributed by atoms with Crippen LogP contribution in [0.5, 0.6) is 0 Å². The Morgan fingerprint density at radius 2 is 1.95 bits per heavy atom. The first-order chi connectivity index (χ1) is 9.43. The fourth-order valence-electron chi connectivity index (χ4n) is 2.81. The van der Waals surface area contributed by atoms with E-state index < -0.39 is 0 Å². The zero-order valence-corrected chi connectivity index (χ0v) is 11.1. The fraction of sp³-hybridized carbons (Fsp3) is 0.467. The normalized spacial score (nSPS) is 15.8. The molecule has 100 valence electrons. The molecule has 2 aromatic rings. The van der Waals surface area contributed by atoms with Crippen LogP contribution in [0.4, 0.5) is 5.69 Å². The summed E-state index contributed by atoms with van der Waals surface area (Å²) >= 11 is 0. The standard InChI is InChI=1S/C15H20N4/c1-2-6-13(7-3-1)16-11-10-15-18-17-12-19(15)14-8-4-5-9-14/h1-3,6-7,12,14,16H,4-5,8-11H2. The van der Waals surface area contributed by atoms with E-state index in [-0.39, 0.29) is 0 Å². The van der Waals surface area contributed by atoms with Gasteiger partial charge in [-0.25, -0.2) is 0 Å². The van der Waals surface area contributed by atoms with Crippen LogP contribution in [0.25, 0.3) is 0 Å². The SMILES string of the molecule is c1ccc(NCCc2nncn2C2CCCC2)cc1. The predicted octanol–water partition coefficient (Wildman–Crippen LogP) is 3.05. The summed E-state index contributed by atoms with van der Waals surface area (Å²) < 4.78 is 2.28. The molecule has 0 spiro atoms. The molecular formula is C15H20N4. The molecule has 1 aliphatic carbocycles. The molecule has 0 amide bonds. The van der Waals surface area contributed by atoms with Gasteiger partial charge < -0.3 is 9.88 Å². The van der Waals surface area contributed by atoms with Gasteiger partial charge in [-0.05, 0) is 25.0 Å². The van der Waals surface area contributed by atoms with Crippen LogP contribution in [0.3, 0.4) is 0 Å². The molecule has 1 fully saturated rings. The van der Waals surface area contributed by atoms with E-state index >= 15 is 0 Å². The molecule has 1 N–H and O–H groups in total. The van der Waals surface area contributed by atoms with E-state index in [0.29, 0.717) is 6.04 Å². The van der Waals surface area contributed by atoms with E-state index in [9.17, 15) is 0 Å². The first-order valence-corrected chi connectivity index (χ1v) is 7.11. The van der Waals surface area contributed by atoms with Crippen LogP contribution in [0.2, 0.25) is 0 Å². The zero-order chi connectivity index (χ0) is 12.9. The second-order valence-corrected chi connectivity index (χ2v) is 5.14. The molecule has 4 heteroatoms. The van der Waals surface area contributed by atoms with Crippen LogP contribution >= 0.6 is 0 Å². The minimum absolute atomic E-state index is 0.627. The van der Waals surface area contributed by atoms with E-state index in [2.05, 4.69) is 32.2 Å². The van der Waals surface area contributed by atoms with Crippen LogP contribution < -0.4 is 5.32 Å². The van der Waals surface area contributed by atoms with Gasteiger partial charge in [0.1, 0.15) is 12.2 Å². The number of aromatic nitrogens is 3. The van der Waals surface area contributed by atoms with Gasteiger partial charge in [-0.3, -0.25) is 0 Å². The fourth-order valence-corrected chi connectivity index (χ4v) is 2.81. The number of nitrogens with one attached hydrogen (secondary N) is 1. The minimum atomic E-state index is 0.627. The van der Waals surface area contributed by atoms with E-state index in [0.717, 1.165) is 24.5 Å². The second-order valence-electron chi connectivity index (χ2n) is 5.14. The van der Waals surface area contributed by atoms with Gasteiger partial charge in [0.15, 0.2) is 0 Å². The Kier molecular flexibility index (Phi) is 3.77. The Morgan fingerprint density at radius 1 is 1.16 bits per heavy atom. The van der Waals surface area contributed by atoms with Crippen molar-refractivity contribution >= 4 is 5.69 Å². The smallest absolute Gasteiger partial charge is 0.134 e. The van der Waals surface area contributed by atoms with E-state index in [4.69, 9.17) is 0 Å². The zero-order valence-electron chi connectivity index (χ0n) is 11.1. The number of rotatable bonds is 5. The van der Waals surface area contributed by atoms with Crippen molar-refractivity contribution in [2.75, 3.05) is 11.9 Å². The number of hydrogen-bond donors (Lipinski definition) is 1. The summed E-state index contributed by atoms with van der Waals surface area (Å²) in [6.45, 7) is 0.898. The lowest BCUT2D eigenvalue weighted by atomic mass is 10.2. The number of anilines is 1. The summed E-state index contributed by atoms with van der Waals surface area (Å²) in [5.41, 5.74) is 1.16. The van der Waals surface area contributed by atoms with E-state index in [1.807, 2.05) is 24.5 Å². The highest BCUT2D eigenvalue weighted by atomic mass is 15.3. The molecule has 0 bridgehead atoms. The van der Waals surface area contributed by atoms with Crippen molar-refractivity contribution in [2.24, 2.45) is 0 Å². The Bertz CT molecular complexity index is 500. The molecule has 1 heterocycles. The Balaban J connectivity index is 1.57. The van der Waals surface area contributed by atoms with Crippen molar-refractivity contribution in [2.45, 2.75) is 38.1 Å². The number of nitrogens with zero attached hydrogens (tertiary/aromatic N) is 3. The van der Waals surface area contributed by atoms with Crippen LogP contribution in [0.1, 0.15) is 37.5 Å². The highest BCUT2D eigenvalue weighted by molar-refractivity contribution is 5.42. The molecule has 1 saturated carbocycles. The largest absolute Gasteiger partial charge is 0.385 e. The van der Waals surface area contributed by atoms with E-state index in [1.54, 1.807) is 0 Å². The third kappa shape index (κ3) is 2.95. The summed E-state index contributed by atoms with van der Waals surface area (Å²) in [5.74, 6) is 1.11. The first-order valence-electron chi connectivity index (χ1n) is 7.11. The Hall–Kier alpha value is -1.84. The monoisotopic (exact) mass is 256 g/mol. The lowest BCUT2D eigenvalue weighted by Crippen LogP contribution is -2.13. The molecule has 0 atom stereocenters. The molecule has 1 aromatic carbocycles. The summed E-state index contributed by atoms with van der Waals surface area (Å²) in [6.07, 6.45) is 8.04. The molecule has 19 heavy (non-hydrogen) atoms. The van der Waals surface area contributed by atoms with Gasteiger partial charge in [0.2, 0.25) is 0 Å². The van der Waals surface area contributed by atoms with Gasteiger partial charge in [-0.15, -0.1) is 10.2 Å². The van der Waals surface area contributed by atoms with Crippen molar-refractivity contribution < 1.29 is 0 Å². The maximum Gasteiger partial charge on any atom is 0.134 e. The molecule has 0 radical (unpaired) electrons. The van der Waals surface area contributed by atoms with Crippen molar-refractivity contribution in [3.8, 4) is 0 Å². The predicted molar refractivity (Wildman–Crippen MR) is 76.2 cm³/mol. The minimum Gasteiger partial charge on any atom is -0.385 e.